The molecule has 0 heterocycles. The monoisotopic (exact) mass is 250 g/mol. The van der Waals surface area contributed by atoms with Crippen molar-refractivity contribution >= 4 is 24.0 Å². The normalized spacial score (nSPS) is 18.0. The molecule has 0 aromatic rings. The number of rotatable bonds is 4. The van der Waals surface area contributed by atoms with Crippen LogP contribution in [0.4, 0.5) is 0 Å². The number of hydrogen-bond donors (Lipinski definition) is 0. The van der Waals surface area contributed by atoms with Gasteiger partial charge in [0.15, 0.2) is 0 Å². The van der Waals surface area contributed by atoms with E-state index in [1.54, 1.807) is 0 Å². The molecule has 0 aliphatic carbocycles. The molecular formula is C10H23BrSi. The van der Waals surface area contributed by atoms with Crippen molar-refractivity contribution in [1.29, 1.82) is 0 Å². The lowest BCUT2D eigenvalue weighted by atomic mass is 9.83. The molecule has 0 aromatic carbocycles. The Balaban J connectivity index is 4.35. The maximum absolute atomic E-state index is 3.65. The van der Waals surface area contributed by atoms with Crippen molar-refractivity contribution in [3.63, 3.8) is 0 Å². The third-order valence-electron chi connectivity index (χ3n) is 2.63. The van der Waals surface area contributed by atoms with E-state index in [2.05, 4.69) is 56.3 Å². The van der Waals surface area contributed by atoms with Gasteiger partial charge in [-0.15, -0.1) is 0 Å². The molecule has 0 nitrogen and oxygen atoms in total. The lowest BCUT2D eigenvalue weighted by molar-refractivity contribution is 0.290. The highest BCUT2D eigenvalue weighted by Gasteiger charge is 2.32. The number of halogens is 1. The predicted octanol–water partition coefficient (Wildman–Crippen LogP) is 4.38. The molecule has 2 heteroatoms. The van der Waals surface area contributed by atoms with Crippen LogP contribution in [0.2, 0.25) is 25.7 Å². The molecule has 1 atom stereocenters. The minimum Gasteiger partial charge on any atom is -0.0922 e. The van der Waals surface area contributed by atoms with Crippen LogP contribution in [0.25, 0.3) is 0 Å². The Hall–Kier alpha value is 0.697. The van der Waals surface area contributed by atoms with E-state index in [0.29, 0.717) is 5.41 Å². The van der Waals surface area contributed by atoms with E-state index in [0.717, 1.165) is 11.2 Å². The highest BCUT2D eigenvalue weighted by molar-refractivity contribution is 9.09. The quantitative estimate of drug-likeness (QED) is 0.513. The lowest BCUT2D eigenvalue weighted by Gasteiger charge is -2.37. The van der Waals surface area contributed by atoms with Gasteiger partial charge in [-0.25, -0.2) is 0 Å². The van der Waals surface area contributed by atoms with E-state index in [1.807, 2.05) is 0 Å². The molecule has 0 radical (unpaired) electrons. The second-order valence-electron chi connectivity index (χ2n) is 5.68. The van der Waals surface area contributed by atoms with Crippen LogP contribution in [-0.2, 0) is 0 Å². The van der Waals surface area contributed by atoms with Crippen molar-refractivity contribution < 1.29 is 0 Å². The fourth-order valence-electron chi connectivity index (χ4n) is 1.62. The second kappa shape index (κ2) is 4.27. The minimum atomic E-state index is -0.906. The van der Waals surface area contributed by atoms with Crippen LogP contribution >= 0.6 is 15.9 Å². The molecule has 0 fully saturated rings. The van der Waals surface area contributed by atoms with Crippen LogP contribution in [-0.4, -0.2) is 13.4 Å². The molecule has 0 bridgehead atoms. The third-order valence-corrected chi connectivity index (χ3v) is 5.78. The van der Waals surface area contributed by atoms with E-state index in [4.69, 9.17) is 0 Å². The van der Waals surface area contributed by atoms with Crippen molar-refractivity contribution in [2.45, 2.75) is 46.5 Å². The summed E-state index contributed by atoms with van der Waals surface area (Å²) in [5.74, 6) is 0.781. The summed E-state index contributed by atoms with van der Waals surface area (Å²) in [7, 11) is -0.906. The Morgan fingerprint density at radius 2 is 1.67 bits per heavy atom. The summed E-state index contributed by atoms with van der Waals surface area (Å²) in [6.07, 6.45) is 0. The zero-order valence-electron chi connectivity index (χ0n) is 9.37. The SMILES string of the molecule is CC(C)C(C)(CBr)C[Si](C)(C)C. The van der Waals surface area contributed by atoms with E-state index in [9.17, 15) is 0 Å². The molecule has 0 spiro atoms. The van der Waals surface area contributed by atoms with Crippen LogP contribution in [0.5, 0.6) is 0 Å². The largest absolute Gasteiger partial charge is 0.0922 e. The smallest absolute Gasteiger partial charge is 0.0448 e. The van der Waals surface area contributed by atoms with Crippen molar-refractivity contribution in [2.75, 3.05) is 5.33 Å². The fourth-order valence-corrected chi connectivity index (χ4v) is 5.79. The van der Waals surface area contributed by atoms with Gasteiger partial charge in [-0.1, -0.05) is 62.4 Å². The van der Waals surface area contributed by atoms with Crippen LogP contribution in [0, 0.1) is 11.3 Å². The van der Waals surface area contributed by atoms with Crippen LogP contribution < -0.4 is 0 Å². The highest BCUT2D eigenvalue weighted by atomic mass is 79.9. The van der Waals surface area contributed by atoms with Gasteiger partial charge < -0.3 is 0 Å². The Kier molecular flexibility index (Phi) is 4.52. The summed E-state index contributed by atoms with van der Waals surface area (Å²) < 4.78 is 0. The molecule has 0 aliphatic heterocycles. The van der Waals surface area contributed by atoms with Gasteiger partial charge >= 0.3 is 0 Å². The first kappa shape index (κ1) is 12.7. The third kappa shape index (κ3) is 4.08. The molecular weight excluding hydrogens is 228 g/mol. The zero-order valence-corrected chi connectivity index (χ0v) is 12.0. The molecule has 0 saturated carbocycles. The van der Waals surface area contributed by atoms with Gasteiger partial charge in [0.1, 0.15) is 0 Å². The topological polar surface area (TPSA) is 0 Å². The Morgan fingerprint density at radius 3 is 1.75 bits per heavy atom. The van der Waals surface area contributed by atoms with Gasteiger partial charge in [-0.05, 0) is 11.3 Å². The highest BCUT2D eigenvalue weighted by Crippen LogP contribution is 2.37. The maximum Gasteiger partial charge on any atom is 0.0448 e. The zero-order chi connectivity index (χ0) is 9.99. The maximum atomic E-state index is 3.65. The first-order valence-electron chi connectivity index (χ1n) is 4.77. The van der Waals surface area contributed by atoms with Crippen molar-refractivity contribution in [3.05, 3.63) is 0 Å². The Bertz CT molecular complexity index is 137. The second-order valence-corrected chi connectivity index (χ2v) is 11.7. The molecule has 1 unspecified atom stereocenters. The number of alkyl halides is 1. The first-order chi connectivity index (χ1) is 5.21. The average Bonchev–Trinajstić information content (AvgIpc) is 1.83. The number of hydrogen-bond acceptors (Lipinski definition) is 0. The van der Waals surface area contributed by atoms with Gasteiger partial charge in [-0.2, -0.15) is 0 Å². The minimum absolute atomic E-state index is 0.504. The Morgan fingerprint density at radius 1 is 1.25 bits per heavy atom. The molecule has 0 aliphatic rings. The summed E-state index contributed by atoms with van der Waals surface area (Å²) in [6.45, 7) is 14.4. The van der Waals surface area contributed by atoms with Gasteiger partial charge in [0.25, 0.3) is 0 Å². The van der Waals surface area contributed by atoms with E-state index < -0.39 is 8.07 Å². The van der Waals surface area contributed by atoms with Crippen LogP contribution in [0.1, 0.15) is 20.8 Å². The summed E-state index contributed by atoms with van der Waals surface area (Å²) in [6, 6.07) is 1.42. The first-order valence-corrected chi connectivity index (χ1v) is 9.60. The van der Waals surface area contributed by atoms with Crippen molar-refractivity contribution in [3.8, 4) is 0 Å². The predicted molar refractivity (Wildman–Crippen MR) is 64.9 cm³/mol. The molecule has 0 aromatic heterocycles. The van der Waals surface area contributed by atoms with Gasteiger partial charge in [0.05, 0.1) is 0 Å². The van der Waals surface area contributed by atoms with Crippen molar-refractivity contribution in [2.24, 2.45) is 11.3 Å². The Labute approximate surface area is 87.3 Å². The van der Waals surface area contributed by atoms with E-state index >= 15 is 0 Å². The standard InChI is InChI=1S/C10H23BrSi/c1-9(2)10(3,7-11)8-12(4,5)6/h9H,7-8H2,1-6H3. The average molecular weight is 251 g/mol. The van der Waals surface area contributed by atoms with Crippen LogP contribution in [0.15, 0.2) is 0 Å². The summed E-state index contributed by atoms with van der Waals surface area (Å²) >= 11 is 3.65. The fraction of sp³-hybridized carbons (Fsp3) is 1.00. The van der Waals surface area contributed by atoms with Gasteiger partial charge in [0, 0.05) is 13.4 Å². The lowest BCUT2D eigenvalue weighted by Crippen LogP contribution is -2.35. The molecule has 0 amide bonds. The van der Waals surface area contributed by atoms with Crippen molar-refractivity contribution in [1.82, 2.24) is 0 Å². The van der Waals surface area contributed by atoms with Gasteiger partial charge in [0.2, 0.25) is 0 Å². The summed E-state index contributed by atoms with van der Waals surface area (Å²) in [4.78, 5) is 0. The van der Waals surface area contributed by atoms with E-state index in [-0.39, 0.29) is 0 Å². The van der Waals surface area contributed by atoms with E-state index in [1.165, 1.54) is 6.04 Å². The summed E-state index contributed by atoms with van der Waals surface area (Å²) in [5, 5.41) is 1.14. The molecule has 74 valence electrons. The molecule has 0 rings (SSSR count). The molecule has 0 saturated heterocycles. The summed E-state index contributed by atoms with van der Waals surface area (Å²) in [5.41, 5.74) is 0.504. The molecule has 12 heavy (non-hydrogen) atoms. The van der Waals surface area contributed by atoms with Gasteiger partial charge in [-0.3, -0.25) is 0 Å². The van der Waals surface area contributed by atoms with Crippen LogP contribution in [0.3, 0.4) is 0 Å². The molecule has 0 N–H and O–H groups in total.